The molecule has 3 heterocycles. The van der Waals surface area contributed by atoms with Crippen LogP contribution in [0.5, 0.6) is 0 Å². The zero-order valence-electron chi connectivity index (χ0n) is 23.6. The number of aromatic nitrogens is 5. The number of amides is 2. The third-order valence-electron chi connectivity index (χ3n) is 8.61. The second kappa shape index (κ2) is 11.5. The monoisotopic (exact) mass is 607 g/mol. The predicted molar refractivity (Wildman–Crippen MR) is 141 cm³/mol. The fourth-order valence-corrected chi connectivity index (χ4v) is 6.10. The molecule has 0 bridgehead atoms. The van der Waals surface area contributed by atoms with Crippen LogP contribution >= 0.6 is 0 Å². The predicted octanol–water partition coefficient (Wildman–Crippen LogP) is 4.53. The maximum Gasteiger partial charge on any atom is 0.276 e. The zero-order chi connectivity index (χ0) is 30.4. The van der Waals surface area contributed by atoms with Gasteiger partial charge in [0.25, 0.3) is 5.91 Å². The summed E-state index contributed by atoms with van der Waals surface area (Å²) in [6.07, 6.45) is 4.12. The molecule has 0 saturated heterocycles. The van der Waals surface area contributed by atoms with E-state index in [9.17, 15) is 27.2 Å². The van der Waals surface area contributed by atoms with Crippen molar-refractivity contribution in [2.24, 2.45) is 11.8 Å². The highest BCUT2D eigenvalue weighted by molar-refractivity contribution is 5.93. The Kier molecular flexibility index (Phi) is 7.86. The van der Waals surface area contributed by atoms with Gasteiger partial charge in [-0.2, -0.15) is 5.10 Å². The Morgan fingerprint density at radius 2 is 1.84 bits per heavy atom. The highest BCUT2D eigenvalue weighted by atomic mass is 19.3. The van der Waals surface area contributed by atoms with Crippen LogP contribution in [0.4, 0.5) is 17.6 Å². The van der Waals surface area contributed by atoms with Gasteiger partial charge < -0.3 is 15.4 Å². The van der Waals surface area contributed by atoms with Gasteiger partial charge in [0.1, 0.15) is 5.69 Å². The minimum absolute atomic E-state index is 0.00961. The number of methoxy groups -OCH3 is 1. The van der Waals surface area contributed by atoms with Gasteiger partial charge >= 0.3 is 0 Å². The second-order valence-corrected chi connectivity index (χ2v) is 12.1. The maximum atomic E-state index is 14.0. The average Bonchev–Trinajstić information content (AvgIpc) is 3.50. The minimum atomic E-state index is -2.75. The first-order chi connectivity index (χ1) is 20.5. The van der Waals surface area contributed by atoms with Crippen LogP contribution in [0.1, 0.15) is 103 Å². The fourth-order valence-electron chi connectivity index (χ4n) is 6.10. The first-order valence-corrected chi connectivity index (χ1v) is 14.5. The number of nitrogens with zero attached hydrogens (tertiary/aromatic N) is 5. The Hall–Kier alpha value is -3.62. The van der Waals surface area contributed by atoms with Gasteiger partial charge in [0, 0.05) is 50.7 Å². The second-order valence-electron chi connectivity index (χ2n) is 12.1. The molecule has 0 spiro atoms. The van der Waals surface area contributed by atoms with Crippen LogP contribution in [0.15, 0.2) is 23.1 Å². The lowest BCUT2D eigenvalue weighted by atomic mass is 9.79. The molecule has 3 fully saturated rings. The average molecular weight is 608 g/mol. The van der Waals surface area contributed by atoms with Gasteiger partial charge in [-0.15, -0.1) is 0 Å². The third-order valence-corrected chi connectivity index (χ3v) is 8.61. The van der Waals surface area contributed by atoms with Gasteiger partial charge in [0.2, 0.25) is 17.8 Å². The summed E-state index contributed by atoms with van der Waals surface area (Å²) in [4.78, 5) is 30.6. The number of hydrogen-bond acceptors (Lipinski definition) is 8. The van der Waals surface area contributed by atoms with Crippen molar-refractivity contribution < 1.29 is 36.5 Å². The van der Waals surface area contributed by atoms with Crippen LogP contribution in [0.25, 0.3) is 5.65 Å². The molecular weight excluding hydrogens is 574 g/mol. The lowest BCUT2D eigenvalue weighted by molar-refractivity contribution is -0.134. The summed E-state index contributed by atoms with van der Waals surface area (Å²) in [6.45, 7) is 0.113. The van der Waals surface area contributed by atoms with E-state index in [4.69, 9.17) is 14.3 Å². The third kappa shape index (κ3) is 6.65. The maximum absolute atomic E-state index is 14.0. The lowest BCUT2D eigenvalue weighted by Gasteiger charge is -2.34. The van der Waals surface area contributed by atoms with E-state index in [0.717, 1.165) is 12.8 Å². The summed E-state index contributed by atoms with van der Waals surface area (Å²) in [7, 11) is 1.48. The number of carbonyl (C=O) groups excluding carboxylic acids is 2. The quantitative estimate of drug-likeness (QED) is 0.304. The van der Waals surface area contributed by atoms with Crippen molar-refractivity contribution in [2.75, 3.05) is 13.7 Å². The number of halogens is 4. The molecule has 15 heteroatoms. The summed E-state index contributed by atoms with van der Waals surface area (Å²) < 4.78 is 66.1. The fraction of sp³-hybridized carbons (Fsp3) is 0.643. The SMILES string of the molecule is COC[C@H](NC(=O)CC1CC(F)(F)C1)c1cnn2cc([C@@H](NC(=O)c3nonc3C3CC3)C3CCC(F)(F)CC3)nc2c1. The van der Waals surface area contributed by atoms with Gasteiger partial charge in [-0.1, -0.05) is 5.16 Å². The molecule has 0 aromatic carbocycles. The van der Waals surface area contributed by atoms with E-state index >= 15 is 0 Å². The van der Waals surface area contributed by atoms with Crippen molar-refractivity contribution in [1.29, 1.82) is 0 Å². The summed E-state index contributed by atoms with van der Waals surface area (Å²) >= 11 is 0. The molecule has 3 aliphatic carbocycles. The molecule has 43 heavy (non-hydrogen) atoms. The van der Waals surface area contributed by atoms with Gasteiger partial charge in [-0.3, -0.25) is 9.59 Å². The van der Waals surface area contributed by atoms with Crippen molar-refractivity contribution in [2.45, 2.75) is 87.6 Å². The topological polar surface area (TPSA) is 137 Å². The first kappa shape index (κ1) is 29.5. The number of ether oxygens (including phenoxy) is 1. The van der Waals surface area contributed by atoms with Crippen molar-refractivity contribution in [1.82, 2.24) is 35.5 Å². The summed E-state index contributed by atoms with van der Waals surface area (Å²) in [5, 5.41) is 17.9. The summed E-state index contributed by atoms with van der Waals surface area (Å²) in [5.41, 5.74) is 2.01. The van der Waals surface area contributed by atoms with Gasteiger partial charge in [0.05, 0.1) is 36.8 Å². The molecule has 3 aromatic rings. The Balaban J connectivity index is 1.22. The molecule has 11 nitrogen and oxygen atoms in total. The molecular formula is C28H33F4N7O4. The number of carbonyl (C=O) groups is 2. The van der Waals surface area contributed by atoms with E-state index in [1.165, 1.54) is 17.8 Å². The number of rotatable bonds is 11. The van der Waals surface area contributed by atoms with E-state index in [1.54, 1.807) is 12.3 Å². The molecule has 6 rings (SSSR count). The van der Waals surface area contributed by atoms with Crippen LogP contribution in [0.3, 0.4) is 0 Å². The van der Waals surface area contributed by atoms with Crippen LogP contribution in [0.2, 0.25) is 0 Å². The van der Waals surface area contributed by atoms with E-state index in [-0.39, 0.29) is 80.9 Å². The normalized spacial score (nSPS) is 21.7. The number of hydrogen-bond donors (Lipinski definition) is 2. The number of nitrogens with one attached hydrogen (secondary N) is 2. The molecule has 0 aliphatic heterocycles. The molecule has 0 unspecified atom stereocenters. The molecule has 2 N–H and O–H groups in total. The standard InChI is InChI=1S/C28H33F4N7O4/c1-42-14-20(35-22(40)8-15-10-28(31,32)11-15)18-9-21-34-19(13-39(21)33-12-18)23(17-4-6-27(29,30)7-5-17)36-26(41)25-24(16-2-3-16)37-43-38-25/h9,12-13,15-17,20,23H,2-8,10-11,14H2,1H3,(H,35,40)(H,36,41)/t20-,23-/m0/s1. The zero-order valence-corrected chi connectivity index (χ0v) is 23.6. The Morgan fingerprint density at radius 1 is 1.09 bits per heavy atom. The van der Waals surface area contributed by atoms with E-state index < -0.39 is 29.8 Å². The highest BCUT2D eigenvalue weighted by Crippen LogP contribution is 2.44. The van der Waals surface area contributed by atoms with E-state index in [1.807, 2.05) is 0 Å². The van der Waals surface area contributed by atoms with Gasteiger partial charge in [-0.25, -0.2) is 31.7 Å². The van der Waals surface area contributed by atoms with Crippen molar-refractivity contribution >= 4 is 17.5 Å². The van der Waals surface area contributed by atoms with Crippen LogP contribution in [-0.2, 0) is 9.53 Å². The van der Waals surface area contributed by atoms with Gasteiger partial charge in [0.15, 0.2) is 11.3 Å². The molecule has 3 saturated carbocycles. The summed E-state index contributed by atoms with van der Waals surface area (Å²) in [5.74, 6) is -6.89. The number of imidazole rings is 1. The van der Waals surface area contributed by atoms with E-state index in [2.05, 4.69) is 26.0 Å². The number of fused-ring (bicyclic) bond motifs is 1. The molecule has 3 aromatic heterocycles. The molecule has 0 radical (unpaired) electrons. The Morgan fingerprint density at radius 3 is 2.51 bits per heavy atom. The number of alkyl halides is 4. The highest BCUT2D eigenvalue weighted by Gasteiger charge is 2.46. The van der Waals surface area contributed by atoms with Crippen molar-refractivity contribution in [3.8, 4) is 0 Å². The largest absolute Gasteiger partial charge is 0.382 e. The smallest absolute Gasteiger partial charge is 0.276 e. The van der Waals surface area contributed by atoms with Crippen molar-refractivity contribution in [3.05, 3.63) is 41.1 Å². The molecule has 2 atom stereocenters. The van der Waals surface area contributed by atoms with Crippen LogP contribution in [0, 0.1) is 11.8 Å². The van der Waals surface area contributed by atoms with E-state index in [0.29, 0.717) is 22.6 Å². The summed E-state index contributed by atoms with van der Waals surface area (Å²) in [6, 6.07) is 0.401. The van der Waals surface area contributed by atoms with Crippen molar-refractivity contribution in [3.63, 3.8) is 0 Å². The lowest BCUT2D eigenvalue weighted by Crippen LogP contribution is -2.40. The molecule has 3 aliphatic rings. The molecule has 2 amide bonds. The van der Waals surface area contributed by atoms with Crippen LogP contribution in [-0.4, -0.2) is 62.3 Å². The Labute approximate surface area is 244 Å². The minimum Gasteiger partial charge on any atom is -0.382 e. The van der Waals surface area contributed by atoms with Crippen LogP contribution < -0.4 is 10.6 Å². The first-order valence-electron chi connectivity index (χ1n) is 14.5. The van der Waals surface area contributed by atoms with Gasteiger partial charge in [-0.05, 0) is 48.7 Å². The molecule has 232 valence electrons. The Bertz CT molecular complexity index is 1470.